The third-order valence-electron chi connectivity index (χ3n) is 4.24. The Labute approximate surface area is 162 Å². The van der Waals surface area contributed by atoms with E-state index in [-0.39, 0.29) is 11.8 Å². The van der Waals surface area contributed by atoms with Crippen molar-refractivity contribution in [2.45, 2.75) is 26.3 Å². The first-order chi connectivity index (χ1) is 13.6. The van der Waals surface area contributed by atoms with Crippen LogP contribution in [0.1, 0.15) is 35.7 Å². The molecule has 0 radical (unpaired) electrons. The van der Waals surface area contributed by atoms with E-state index in [0.717, 1.165) is 18.4 Å². The summed E-state index contributed by atoms with van der Waals surface area (Å²) in [6.45, 7) is 2.96. The minimum atomic E-state index is -0.419. The third kappa shape index (κ3) is 3.98. The summed E-state index contributed by atoms with van der Waals surface area (Å²) in [6.07, 6.45) is 3.53. The summed E-state index contributed by atoms with van der Waals surface area (Å²) < 4.78 is 17.6. The maximum atomic E-state index is 11.9. The van der Waals surface area contributed by atoms with Gasteiger partial charge >= 0.3 is 12.0 Å². The lowest BCUT2D eigenvalue weighted by Crippen LogP contribution is -2.07. The second-order valence-corrected chi connectivity index (χ2v) is 6.16. The second kappa shape index (κ2) is 8.55. The van der Waals surface area contributed by atoms with Gasteiger partial charge in [-0.1, -0.05) is 13.3 Å². The minimum absolute atomic E-state index is 0.218. The van der Waals surface area contributed by atoms with E-state index < -0.39 is 5.97 Å². The maximum absolute atomic E-state index is 11.9. The van der Waals surface area contributed by atoms with E-state index in [1.54, 1.807) is 36.2 Å². The highest BCUT2D eigenvalue weighted by molar-refractivity contribution is 5.89. The molecule has 0 aliphatic carbocycles. The average molecular weight is 385 g/mol. The molecule has 1 aromatic carbocycles. The Morgan fingerprint density at radius 1 is 1.25 bits per heavy atom. The monoisotopic (exact) mass is 385 g/mol. The Morgan fingerprint density at radius 2 is 2.07 bits per heavy atom. The number of carbonyl (C=O) groups is 1. The molecule has 0 saturated heterocycles. The molecule has 0 unspecified atom stereocenters. The number of imidazole rings is 1. The topological polar surface area (TPSA) is 114 Å². The first-order valence-corrected chi connectivity index (χ1v) is 8.93. The van der Waals surface area contributed by atoms with Crippen molar-refractivity contribution >= 4 is 23.0 Å². The van der Waals surface area contributed by atoms with Crippen LogP contribution in [0.4, 0.5) is 5.82 Å². The Bertz CT molecular complexity index is 986. The van der Waals surface area contributed by atoms with Gasteiger partial charge in [0, 0.05) is 5.56 Å². The molecule has 0 spiro atoms. The van der Waals surface area contributed by atoms with Crippen LogP contribution in [0.2, 0.25) is 0 Å². The second-order valence-electron chi connectivity index (χ2n) is 6.16. The fraction of sp³-hybridized carbons (Fsp3) is 0.368. The summed E-state index contributed by atoms with van der Waals surface area (Å²) in [4.78, 5) is 24.8. The molecule has 0 aliphatic heterocycles. The van der Waals surface area contributed by atoms with Crippen molar-refractivity contribution in [3.05, 3.63) is 35.7 Å². The molecule has 28 heavy (non-hydrogen) atoms. The van der Waals surface area contributed by atoms with Crippen molar-refractivity contribution in [3.8, 4) is 11.8 Å². The number of fused-ring (bicyclic) bond motifs is 1. The lowest BCUT2D eigenvalue weighted by molar-refractivity contribution is 0.0600. The van der Waals surface area contributed by atoms with Gasteiger partial charge in [-0.3, -0.25) is 0 Å². The number of benzene rings is 1. The first kappa shape index (κ1) is 19.4. The van der Waals surface area contributed by atoms with Crippen LogP contribution in [0.3, 0.4) is 0 Å². The largest absolute Gasteiger partial charge is 0.496 e. The summed E-state index contributed by atoms with van der Waals surface area (Å²) in [7, 11) is 2.91. The van der Waals surface area contributed by atoms with Crippen molar-refractivity contribution in [1.82, 2.24) is 19.5 Å². The molecule has 3 rings (SSSR count). The van der Waals surface area contributed by atoms with Gasteiger partial charge in [0.1, 0.15) is 5.75 Å². The van der Waals surface area contributed by atoms with Gasteiger partial charge in [-0.15, -0.1) is 0 Å². The van der Waals surface area contributed by atoms with Gasteiger partial charge in [0.2, 0.25) is 0 Å². The molecule has 2 aromatic heterocycles. The van der Waals surface area contributed by atoms with Crippen LogP contribution < -0.4 is 15.2 Å². The Kier molecular flexibility index (Phi) is 5.93. The van der Waals surface area contributed by atoms with Crippen LogP contribution in [0.15, 0.2) is 24.5 Å². The lowest BCUT2D eigenvalue weighted by atomic mass is 10.1. The molecule has 0 amide bonds. The fourth-order valence-electron chi connectivity index (χ4n) is 2.76. The molecule has 0 aliphatic rings. The zero-order valence-corrected chi connectivity index (χ0v) is 16.1. The molecule has 148 valence electrons. The summed E-state index contributed by atoms with van der Waals surface area (Å²) in [5.74, 6) is 0.471. The molecule has 2 heterocycles. The predicted molar refractivity (Wildman–Crippen MR) is 104 cm³/mol. The summed E-state index contributed by atoms with van der Waals surface area (Å²) in [5, 5.41) is 0. The highest BCUT2D eigenvalue weighted by atomic mass is 16.5. The number of carbonyl (C=O) groups excluding carboxylic acids is 1. The van der Waals surface area contributed by atoms with Gasteiger partial charge in [-0.25, -0.2) is 9.78 Å². The number of methoxy groups -OCH3 is 2. The number of nitrogens with zero attached hydrogens (tertiary/aromatic N) is 4. The standard InChI is InChI=1S/C19H23N5O4/c1-4-5-8-28-19-22-16(20)15-17(23-19)24(11-21-15)10-13-9-12(18(25)27-3)6-7-14(13)26-2/h6-7,9,11H,4-5,8,10H2,1-3H3,(H2,20,22,23). The van der Waals surface area contributed by atoms with Gasteiger partial charge in [0.25, 0.3) is 0 Å². The molecule has 0 saturated carbocycles. The van der Waals surface area contributed by atoms with Gasteiger partial charge in [-0.05, 0) is 24.6 Å². The quantitative estimate of drug-likeness (QED) is 0.464. The van der Waals surface area contributed by atoms with Gasteiger partial charge in [-0.2, -0.15) is 9.97 Å². The van der Waals surface area contributed by atoms with Crippen LogP contribution in [-0.4, -0.2) is 46.3 Å². The molecule has 3 aromatic rings. The summed E-state index contributed by atoms with van der Waals surface area (Å²) >= 11 is 0. The highest BCUT2D eigenvalue weighted by Gasteiger charge is 2.15. The Morgan fingerprint density at radius 3 is 2.79 bits per heavy atom. The first-order valence-electron chi connectivity index (χ1n) is 8.93. The zero-order chi connectivity index (χ0) is 20.1. The summed E-state index contributed by atoms with van der Waals surface area (Å²) in [5.41, 5.74) is 8.25. The van der Waals surface area contributed by atoms with Crippen molar-refractivity contribution in [2.75, 3.05) is 26.6 Å². The number of unbranched alkanes of at least 4 members (excludes halogenated alkanes) is 1. The highest BCUT2D eigenvalue weighted by Crippen LogP contribution is 2.25. The van der Waals surface area contributed by atoms with Crippen molar-refractivity contribution in [1.29, 1.82) is 0 Å². The molecule has 2 N–H and O–H groups in total. The Balaban J connectivity index is 1.97. The van der Waals surface area contributed by atoms with E-state index >= 15 is 0 Å². The fourth-order valence-corrected chi connectivity index (χ4v) is 2.76. The van der Waals surface area contributed by atoms with Gasteiger partial charge in [0.15, 0.2) is 17.0 Å². The molecule has 9 heteroatoms. The van der Waals surface area contributed by atoms with Crippen molar-refractivity contribution < 1.29 is 19.0 Å². The van der Waals surface area contributed by atoms with Gasteiger partial charge < -0.3 is 24.5 Å². The zero-order valence-electron chi connectivity index (χ0n) is 16.1. The van der Waals surface area contributed by atoms with E-state index in [0.29, 0.717) is 35.6 Å². The number of rotatable bonds is 8. The minimum Gasteiger partial charge on any atom is -0.496 e. The van der Waals surface area contributed by atoms with Crippen LogP contribution in [0.25, 0.3) is 11.2 Å². The van der Waals surface area contributed by atoms with Crippen LogP contribution in [0.5, 0.6) is 11.8 Å². The SMILES string of the molecule is CCCCOc1nc(N)c2ncn(Cc3cc(C(=O)OC)ccc3OC)c2n1. The summed E-state index contributed by atoms with van der Waals surface area (Å²) in [6, 6.07) is 5.32. The third-order valence-corrected chi connectivity index (χ3v) is 4.24. The van der Waals surface area contributed by atoms with Crippen molar-refractivity contribution in [3.63, 3.8) is 0 Å². The molecule has 9 nitrogen and oxygen atoms in total. The maximum Gasteiger partial charge on any atom is 0.337 e. The normalized spacial score (nSPS) is 10.8. The van der Waals surface area contributed by atoms with Crippen molar-refractivity contribution in [2.24, 2.45) is 0 Å². The molecule has 0 bridgehead atoms. The van der Waals surface area contributed by atoms with E-state index in [1.807, 2.05) is 0 Å². The van der Waals surface area contributed by atoms with E-state index in [2.05, 4.69) is 21.9 Å². The number of ether oxygens (including phenoxy) is 3. The van der Waals surface area contributed by atoms with Crippen LogP contribution in [-0.2, 0) is 11.3 Å². The average Bonchev–Trinajstić information content (AvgIpc) is 3.11. The number of anilines is 1. The van der Waals surface area contributed by atoms with E-state index in [4.69, 9.17) is 19.9 Å². The van der Waals surface area contributed by atoms with E-state index in [9.17, 15) is 4.79 Å². The van der Waals surface area contributed by atoms with Crippen LogP contribution >= 0.6 is 0 Å². The van der Waals surface area contributed by atoms with Gasteiger partial charge in [0.05, 0.1) is 39.3 Å². The number of nitrogens with two attached hydrogens (primary N) is 1. The lowest BCUT2D eigenvalue weighted by Gasteiger charge is -2.11. The number of aromatic nitrogens is 4. The molecule has 0 atom stereocenters. The number of nitrogen functional groups attached to an aromatic ring is 1. The number of hydrogen-bond acceptors (Lipinski definition) is 8. The molecular formula is C19H23N5O4. The molecular weight excluding hydrogens is 362 g/mol. The van der Waals surface area contributed by atoms with E-state index in [1.165, 1.54) is 7.11 Å². The van der Waals surface area contributed by atoms with Crippen LogP contribution in [0, 0.1) is 0 Å². The Hall–Kier alpha value is -3.36. The number of hydrogen-bond donors (Lipinski definition) is 1. The number of esters is 1. The predicted octanol–water partition coefficient (Wildman–Crippen LogP) is 2.43. The smallest absolute Gasteiger partial charge is 0.337 e. The molecule has 0 fully saturated rings.